The van der Waals surface area contributed by atoms with Crippen LogP contribution in [0.15, 0.2) is 65.7 Å². The third-order valence-electron chi connectivity index (χ3n) is 6.55. The first-order chi connectivity index (χ1) is 18.0. The SMILES string of the molecule is CC(C)(C)CC(C(=O)C1C=Nc2ccc(Cl)cc2C(c2ccccc2Cl)O1)c1cccc(C(=O)O)c1CN. The quantitative estimate of drug-likeness (QED) is 0.324. The zero-order chi connectivity index (χ0) is 27.6. The van der Waals surface area contributed by atoms with E-state index in [1.54, 1.807) is 36.4 Å². The Morgan fingerprint density at radius 3 is 2.45 bits per heavy atom. The molecule has 0 amide bonds. The van der Waals surface area contributed by atoms with Crippen molar-refractivity contribution >= 4 is 46.9 Å². The Labute approximate surface area is 232 Å². The molecule has 4 rings (SSSR count). The second-order valence-electron chi connectivity index (χ2n) is 10.5. The van der Waals surface area contributed by atoms with Crippen molar-refractivity contribution in [3.05, 3.63) is 98.5 Å². The molecule has 3 atom stereocenters. The number of fused-ring (bicyclic) bond motifs is 1. The maximum atomic E-state index is 14.3. The zero-order valence-electron chi connectivity index (χ0n) is 21.4. The van der Waals surface area contributed by atoms with Gasteiger partial charge in [0.2, 0.25) is 0 Å². The van der Waals surface area contributed by atoms with Gasteiger partial charge in [-0.05, 0) is 53.3 Å². The predicted molar refractivity (Wildman–Crippen MR) is 151 cm³/mol. The maximum absolute atomic E-state index is 14.3. The number of benzene rings is 3. The van der Waals surface area contributed by atoms with Crippen molar-refractivity contribution < 1.29 is 19.4 Å². The van der Waals surface area contributed by atoms with Crippen LogP contribution in [-0.4, -0.2) is 29.2 Å². The van der Waals surface area contributed by atoms with E-state index in [9.17, 15) is 14.7 Å². The van der Waals surface area contributed by atoms with Gasteiger partial charge in [0.1, 0.15) is 6.10 Å². The zero-order valence-corrected chi connectivity index (χ0v) is 23.0. The molecule has 1 heterocycles. The Balaban J connectivity index is 1.83. The van der Waals surface area contributed by atoms with Crippen LogP contribution in [0.3, 0.4) is 0 Å². The van der Waals surface area contributed by atoms with Crippen molar-refractivity contribution in [1.29, 1.82) is 0 Å². The minimum absolute atomic E-state index is 0.0163. The van der Waals surface area contributed by atoms with Gasteiger partial charge in [-0.3, -0.25) is 9.79 Å². The van der Waals surface area contributed by atoms with Crippen LogP contribution < -0.4 is 5.73 Å². The minimum Gasteiger partial charge on any atom is -0.478 e. The van der Waals surface area contributed by atoms with Crippen LogP contribution in [0.5, 0.6) is 0 Å². The Bertz CT molecular complexity index is 1400. The molecule has 3 aromatic carbocycles. The highest BCUT2D eigenvalue weighted by Crippen LogP contribution is 2.42. The van der Waals surface area contributed by atoms with Crippen LogP contribution in [0, 0.1) is 5.41 Å². The topological polar surface area (TPSA) is 102 Å². The van der Waals surface area contributed by atoms with E-state index in [1.165, 1.54) is 12.3 Å². The highest BCUT2D eigenvalue weighted by Gasteiger charge is 2.37. The Hall–Kier alpha value is -3.03. The Kier molecular flexibility index (Phi) is 8.38. The van der Waals surface area contributed by atoms with E-state index in [4.69, 9.17) is 33.7 Å². The molecular weight excluding hydrogens is 523 g/mol. The number of carbonyl (C=O) groups is 2. The van der Waals surface area contributed by atoms with Crippen LogP contribution >= 0.6 is 23.2 Å². The van der Waals surface area contributed by atoms with Crippen molar-refractivity contribution in [2.45, 2.75) is 51.9 Å². The first-order valence-electron chi connectivity index (χ1n) is 12.3. The number of carbonyl (C=O) groups excluding carboxylic acids is 1. The number of aliphatic imine (C=N–C) groups is 1. The number of nitrogens with two attached hydrogens (primary N) is 1. The summed E-state index contributed by atoms with van der Waals surface area (Å²) in [6.45, 7) is 6.08. The van der Waals surface area contributed by atoms with Gasteiger partial charge in [-0.25, -0.2) is 4.79 Å². The fraction of sp³-hybridized carbons (Fsp3) is 0.300. The summed E-state index contributed by atoms with van der Waals surface area (Å²) in [6.07, 6.45) is 0.216. The molecule has 198 valence electrons. The standard InChI is InChI=1S/C30H30Cl2N2O4/c1-30(2,3)14-22(18-8-6-9-19(29(36)37)23(18)15-33)27(35)26-16-34-25-12-11-17(31)13-21(25)28(38-26)20-7-4-5-10-24(20)32/h4-13,16,22,26,28H,14-15,33H2,1-3H3,(H,36,37). The smallest absolute Gasteiger partial charge is 0.336 e. The van der Waals surface area contributed by atoms with Gasteiger partial charge in [-0.1, -0.05) is 74.3 Å². The summed E-state index contributed by atoms with van der Waals surface area (Å²) >= 11 is 12.9. The lowest BCUT2D eigenvalue weighted by Gasteiger charge is -2.30. The summed E-state index contributed by atoms with van der Waals surface area (Å²) in [6, 6.07) is 17.5. The van der Waals surface area contributed by atoms with Crippen molar-refractivity contribution in [3.63, 3.8) is 0 Å². The van der Waals surface area contributed by atoms with E-state index in [0.717, 1.165) is 0 Å². The molecule has 1 aliphatic rings. The number of halogens is 2. The van der Waals surface area contributed by atoms with Gasteiger partial charge >= 0.3 is 5.97 Å². The van der Waals surface area contributed by atoms with Crippen molar-refractivity contribution in [2.75, 3.05) is 0 Å². The molecule has 0 bridgehead atoms. The number of nitrogens with zero attached hydrogens (tertiary/aromatic N) is 1. The molecule has 0 fully saturated rings. The molecule has 1 aliphatic heterocycles. The minimum atomic E-state index is -1.09. The van der Waals surface area contributed by atoms with Crippen LogP contribution in [0.1, 0.15) is 71.8 Å². The first kappa shape index (κ1) is 28.0. The van der Waals surface area contributed by atoms with Crippen LogP contribution in [-0.2, 0) is 16.1 Å². The average Bonchev–Trinajstić information content (AvgIpc) is 3.05. The van der Waals surface area contributed by atoms with E-state index < -0.39 is 24.1 Å². The van der Waals surface area contributed by atoms with E-state index in [-0.39, 0.29) is 23.3 Å². The molecule has 3 unspecified atom stereocenters. The summed E-state index contributed by atoms with van der Waals surface area (Å²) in [5.74, 6) is -2.01. The Morgan fingerprint density at radius 2 is 1.79 bits per heavy atom. The number of hydrogen-bond acceptors (Lipinski definition) is 5. The molecule has 38 heavy (non-hydrogen) atoms. The van der Waals surface area contributed by atoms with Gasteiger partial charge < -0.3 is 15.6 Å². The molecule has 0 spiro atoms. The number of Topliss-reactive ketones (excluding diaryl/α,β-unsaturated/α-hetero) is 1. The van der Waals surface area contributed by atoms with E-state index >= 15 is 0 Å². The monoisotopic (exact) mass is 552 g/mol. The van der Waals surface area contributed by atoms with Gasteiger partial charge in [0.15, 0.2) is 11.9 Å². The average molecular weight is 553 g/mol. The molecule has 0 aliphatic carbocycles. The molecule has 0 saturated heterocycles. The third-order valence-corrected chi connectivity index (χ3v) is 7.13. The molecule has 0 saturated carbocycles. The summed E-state index contributed by atoms with van der Waals surface area (Å²) < 4.78 is 6.50. The molecule has 3 aromatic rings. The largest absolute Gasteiger partial charge is 0.478 e. The molecule has 6 nitrogen and oxygen atoms in total. The van der Waals surface area contributed by atoms with Gasteiger partial charge in [-0.2, -0.15) is 0 Å². The number of ether oxygens (including phenoxy) is 1. The van der Waals surface area contributed by atoms with Gasteiger partial charge in [0.25, 0.3) is 0 Å². The highest BCUT2D eigenvalue weighted by atomic mass is 35.5. The maximum Gasteiger partial charge on any atom is 0.336 e. The second kappa shape index (κ2) is 11.4. The lowest BCUT2D eigenvalue weighted by molar-refractivity contribution is -0.130. The summed E-state index contributed by atoms with van der Waals surface area (Å²) in [5, 5.41) is 10.8. The molecule has 8 heteroatoms. The van der Waals surface area contributed by atoms with Crippen molar-refractivity contribution in [2.24, 2.45) is 16.1 Å². The normalized spacial score (nSPS) is 17.9. The number of carboxylic acids is 1. The molecule has 0 aromatic heterocycles. The van der Waals surface area contributed by atoms with Crippen LogP contribution in [0.2, 0.25) is 10.0 Å². The molecule has 0 radical (unpaired) electrons. The molecule has 3 N–H and O–H groups in total. The lowest BCUT2D eigenvalue weighted by atomic mass is 9.76. The van der Waals surface area contributed by atoms with E-state index in [2.05, 4.69) is 4.99 Å². The fourth-order valence-corrected chi connectivity index (χ4v) is 5.27. The number of carboxylic acid groups (broad SMARTS) is 1. The highest BCUT2D eigenvalue weighted by molar-refractivity contribution is 6.31. The first-order valence-corrected chi connectivity index (χ1v) is 13.1. The number of hydrogen-bond donors (Lipinski definition) is 2. The third kappa shape index (κ3) is 6.00. The van der Waals surface area contributed by atoms with Crippen LogP contribution in [0.4, 0.5) is 5.69 Å². The second-order valence-corrected chi connectivity index (χ2v) is 11.4. The van der Waals surface area contributed by atoms with Crippen molar-refractivity contribution in [3.8, 4) is 0 Å². The number of rotatable bonds is 7. The number of ketones is 1. The summed E-state index contributed by atoms with van der Waals surface area (Å²) in [7, 11) is 0. The van der Waals surface area contributed by atoms with Gasteiger partial charge in [0.05, 0.1) is 11.3 Å². The van der Waals surface area contributed by atoms with E-state index in [0.29, 0.717) is 44.4 Å². The van der Waals surface area contributed by atoms with Crippen molar-refractivity contribution in [1.82, 2.24) is 0 Å². The van der Waals surface area contributed by atoms with E-state index in [1.807, 2.05) is 39.0 Å². The molecular formula is C30H30Cl2N2O4. The summed E-state index contributed by atoms with van der Waals surface area (Å²) in [4.78, 5) is 30.8. The number of aromatic carboxylic acids is 1. The lowest BCUT2D eigenvalue weighted by Crippen LogP contribution is -2.34. The fourth-order valence-electron chi connectivity index (χ4n) is 4.86. The predicted octanol–water partition coefficient (Wildman–Crippen LogP) is 7.13. The van der Waals surface area contributed by atoms with Crippen LogP contribution in [0.25, 0.3) is 0 Å². The van der Waals surface area contributed by atoms with Gasteiger partial charge in [-0.15, -0.1) is 0 Å². The van der Waals surface area contributed by atoms with Gasteiger partial charge in [0, 0.05) is 39.8 Å². The Morgan fingerprint density at radius 1 is 1.05 bits per heavy atom. The summed E-state index contributed by atoms with van der Waals surface area (Å²) in [5.41, 5.74) is 8.87.